The van der Waals surface area contributed by atoms with Crippen molar-refractivity contribution in [3.63, 3.8) is 0 Å². The van der Waals surface area contributed by atoms with Gasteiger partial charge < -0.3 is 5.32 Å². The van der Waals surface area contributed by atoms with Gasteiger partial charge in [0, 0.05) is 24.4 Å². The number of benzene rings is 1. The normalized spacial score (nSPS) is 12.3. The predicted molar refractivity (Wildman–Crippen MR) is 80.2 cm³/mol. The molecule has 0 radical (unpaired) electrons. The lowest BCUT2D eigenvalue weighted by Crippen LogP contribution is -2.20. The Morgan fingerprint density at radius 1 is 1.11 bits per heavy atom. The highest BCUT2D eigenvalue weighted by atomic mass is 14.9. The van der Waals surface area contributed by atoms with E-state index in [2.05, 4.69) is 54.5 Å². The van der Waals surface area contributed by atoms with E-state index in [4.69, 9.17) is 0 Å². The zero-order valence-corrected chi connectivity index (χ0v) is 11.8. The summed E-state index contributed by atoms with van der Waals surface area (Å²) in [4.78, 5) is 4.39. The minimum Gasteiger partial charge on any atom is -0.310 e. The maximum atomic E-state index is 4.39. The lowest BCUT2D eigenvalue weighted by Gasteiger charge is -2.17. The van der Waals surface area contributed by atoms with Crippen LogP contribution in [0.1, 0.15) is 43.1 Å². The van der Waals surface area contributed by atoms with Gasteiger partial charge in [0.15, 0.2) is 0 Å². The molecule has 0 aliphatic heterocycles. The Kier molecular flexibility index (Phi) is 5.10. The van der Waals surface area contributed by atoms with Crippen LogP contribution in [0.2, 0.25) is 0 Å². The molecule has 1 heterocycles. The lowest BCUT2D eigenvalue weighted by molar-refractivity contribution is 0.537. The molecule has 0 amide bonds. The molecule has 2 aromatic rings. The van der Waals surface area contributed by atoms with Gasteiger partial charge in [-0.25, -0.2) is 0 Å². The third kappa shape index (κ3) is 3.90. The first-order chi connectivity index (χ1) is 9.33. The Balaban J connectivity index is 2.15. The quantitative estimate of drug-likeness (QED) is 0.849. The molecule has 1 aromatic carbocycles. The molecule has 100 valence electrons. The van der Waals surface area contributed by atoms with Crippen LogP contribution in [0.15, 0.2) is 48.7 Å². The van der Waals surface area contributed by atoms with E-state index < -0.39 is 0 Å². The Morgan fingerprint density at radius 2 is 2.00 bits per heavy atom. The Bertz CT molecular complexity index is 494. The summed E-state index contributed by atoms with van der Waals surface area (Å²) in [6.07, 6.45) is 3.87. The van der Waals surface area contributed by atoms with Gasteiger partial charge >= 0.3 is 0 Å². The van der Waals surface area contributed by atoms with Gasteiger partial charge in [-0.15, -0.1) is 0 Å². The number of aromatic nitrogens is 1. The maximum absolute atomic E-state index is 4.39. The van der Waals surface area contributed by atoms with Crippen LogP contribution in [0.4, 0.5) is 0 Å². The first-order valence-corrected chi connectivity index (χ1v) is 7.05. The first kappa shape index (κ1) is 13.8. The second kappa shape index (κ2) is 7.05. The van der Waals surface area contributed by atoms with E-state index in [0.29, 0.717) is 6.04 Å². The predicted octanol–water partition coefficient (Wildman–Crippen LogP) is 3.73. The van der Waals surface area contributed by atoms with E-state index in [-0.39, 0.29) is 0 Å². The highest BCUT2D eigenvalue weighted by Gasteiger charge is 2.08. The van der Waals surface area contributed by atoms with Crippen LogP contribution in [0.5, 0.6) is 0 Å². The summed E-state index contributed by atoms with van der Waals surface area (Å²) >= 11 is 0. The van der Waals surface area contributed by atoms with E-state index in [1.807, 2.05) is 18.3 Å². The van der Waals surface area contributed by atoms with Crippen LogP contribution in [0.3, 0.4) is 0 Å². The van der Waals surface area contributed by atoms with Gasteiger partial charge in [0.1, 0.15) is 0 Å². The average molecular weight is 254 g/mol. The van der Waals surface area contributed by atoms with Crippen LogP contribution in [0, 0.1) is 0 Å². The van der Waals surface area contributed by atoms with E-state index in [1.54, 1.807) is 0 Å². The first-order valence-electron chi connectivity index (χ1n) is 7.05. The standard InChI is InChI=1S/C17H22N2/c1-3-17(18-4-2)15-9-7-8-14(12-15)13-16-10-5-6-11-19-16/h5-12,17-18H,3-4,13H2,1-2H3. The smallest absolute Gasteiger partial charge is 0.0447 e. The number of rotatable bonds is 6. The van der Waals surface area contributed by atoms with Crippen molar-refractivity contribution >= 4 is 0 Å². The molecule has 0 saturated carbocycles. The highest BCUT2D eigenvalue weighted by Crippen LogP contribution is 2.19. The summed E-state index contributed by atoms with van der Waals surface area (Å²) < 4.78 is 0. The van der Waals surface area contributed by atoms with Crippen molar-refractivity contribution in [3.8, 4) is 0 Å². The minimum atomic E-state index is 0.452. The molecular weight excluding hydrogens is 232 g/mol. The van der Waals surface area contributed by atoms with Crippen LogP contribution >= 0.6 is 0 Å². The second-order valence-electron chi connectivity index (χ2n) is 4.76. The Morgan fingerprint density at radius 3 is 2.68 bits per heavy atom. The fourth-order valence-corrected chi connectivity index (χ4v) is 2.38. The maximum Gasteiger partial charge on any atom is 0.0447 e. The van der Waals surface area contributed by atoms with E-state index in [0.717, 1.165) is 25.1 Å². The van der Waals surface area contributed by atoms with Gasteiger partial charge in [-0.05, 0) is 36.2 Å². The molecule has 0 saturated heterocycles. The summed E-state index contributed by atoms with van der Waals surface area (Å²) in [5, 5.41) is 3.52. The molecule has 0 aliphatic carbocycles. The van der Waals surface area contributed by atoms with Gasteiger partial charge in [0.2, 0.25) is 0 Å². The largest absolute Gasteiger partial charge is 0.310 e. The third-order valence-corrected chi connectivity index (χ3v) is 3.32. The van der Waals surface area contributed by atoms with Crippen LogP contribution in [-0.2, 0) is 6.42 Å². The highest BCUT2D eigenvalue weighted by molar-refractivity contribution is 5.29. The zero-order valence-electron chi connectivity index (χ0n) is 11.8. The molecule has 2 nitrogen and oxygen atoms in total. The molecule has 0 aliphatic rings. The number of pyridine rings is 1. The van der Waals surface area contributed by atoms with Crippen LogP contribution in [-0.4, -0.2) is 11.5 Å². The van der Waals surface area contributed by atoms with Gasteiger partial charge in [-0.2, -0.15) is 0 Å². The van der Waals surface area contributed by atoms with Gasteiger partial charge in [0.05, 0.1) is 0 Å². The van der Waals surface area contributed by atoms with Crippen molar-refractivity contribution in [2.24, 2.45) is 0 Å². The number of nitrogens with one attached hydrogen (secondary N) is 1. The lowest BCUT2D eigenvalue weighted by atomic mass is 10.00. The molecule has 2 rings (SSSR count). The molecule has 1 aromatic heterocycles. The topological polar surface area (TPSA) is 24.9 Å². The van der Waals surface area contributed by atoms with E-state index in [9.17, 15) is 0 Å². The number of hydrogen-bond acceptors (Lipinski definition) is 2. The fourth-order valence-electron chi connectivity index (χ4n) is 2.38. The van der Waals surface area contributed by atoms with Crippen molar-refractivity contribution in [1.82, 2.24) is 10.3 Å². The molecule has 2 heteroatoms. The monoisotopic (exact) mass is 254 g/mol. The van der Waals surface area contributed by atoms with Gasteiger partial charge in [-0.3, -0.25) is 4.98 Å². The van der Waals surface area contributed by atoms with Crippen LogP contribution < -0.4 is 5.32 Å². The minimum absolute atomic E-state index is 0.452. The van der Waals surface area contributed by atoms with Crippen molar-refractivity contribution in [3.05, 3.63) is 65.5 Å². The molecule has 1 N–H and O–H groups in total. The summed E-state index contributed by atoms with van der Waals surface area (Å²) in [7, 11) is 0. The van der Waals surface area contributed by atoms with Gasteiger partial charge in [0.25, 0.3) is 0 Å². The molecule has 0 spiro atoms. The molecule has 0 fully saturated rings. The molecular formula is C17H22N2. The Hall–Kier alpha value is -1.67. The van der Waals surface area contributed by atoms with Gasteiger partial charge in [-0.1, -0.05) is 44.2 Å². The summed E-state index contributed by atoms with van der Waals surface area (Å²) in [6.45, 7) is 5.38. The summed E-state index contributed by atoms with van der Waals surface area (Å²) in [6, 6.07) is 15.4. The number of hydrogen-bond donors (Lipinski definition) is 1. The molecule has 1 atom stereocenters. The van der Waals surface area contributed by atoms with Crippen LogP contribution in [0.25, 0.3) is 0 Å². The second-order valence-corrected chi connectivity index (χ2v) is 4.76. The van der Waals surface area contributed by atoms with E-state index in [1.165, 1.54) is 11.1 Å². The zero-order chi connectivity index (χ0) is 13.5. The Labute approximate surface area is 115 Å². The molecule has 0 bridgehead atoms. The fraction of sp³-hybridized carbons (Fsp3) is 0.353. The SMILES string of the molecule is CCNC(CC)c1cccc(Cc2ccccn2)c1. The summed E-state index contributed by atoms with van der Waals surface area (Å²) in [5.41, 5.74) is 3.82. The van der Waals surface area contributed by atoms with Crippen molar-refractivity contribution in [2.45, 2.75) is 32.7 Å². The van der Waals surface area contributed by atoms with E-state index >= 15 is 0 Å². The van der Waals surface area contributed by atoms with Crippen molar-refractivity contribution in [1.29, 1.82) is 0 Å². The molecule has 19 heavy (non-hydrogen) atoms. The third-order valence-electron chi connectivity index (χ3n) is 3.32. The van der Waals surface area contributed by atoms with Crippen molar-refractivity contribution < 1.29 is 0 Å². The summed E-state index contributed by atoms with van der Waals surface area (Å²) in [5.74, 6) is 0. The number of nitrogens with zero attached hydrogens (tertiary/aromatic N) is 1. The average Bonchev–Trinajstić information content (AvgIpc) is 2.46. The molecule has 1 unspecified atom stereocenters. The van der Waals surface area contributed by atoms with Crippen molar-refractivity contribution in [2.75, 3.05) is 6.54 Å².